The van der Waals surface area contributed by atoms with E-state index < -0.39 is 6.10 Å². The van der Waals surface area contributed by atoms with Crippen LogP contribution in [0.5, 0.6) is 5.75 Å². The maximum atomic E-state index is 10.4. The van der Waals surface area contributed by atoms with E-state index in [0.29, 0.717) is 11.4 Å². The number of hydrogen-bond donors (Lipinski definition) is 1. The van der Waals surface area contributed by atoms with Gasteiger partial charge in [-0.2, -0.15) is 0 Å². The van der Waals surface area contributed by atoms with E-state index in [9.17, 15) is 5.11 Å². The molecule has 1 N–H and O–H groups in total. The predicted octanol–water partition coefficient (Wildman–Crippen LogP) is 2.15. The van der Waals surface area contributed by atoms with E-state index >= 15 is 0 Å². The molecule has 2 rings (SSSR count). The molecule has 0 radical (unpaired) electrons. The van der Waals surface area contributed by atoms with Crippen LogP contribution in [0, 0.1) is 0 Å². The third-order valence-electron chi connectivity index (χ3n) is 2.61. The number of hydrogen-bond acceptors (Lipinski definition) is 6. The topological polar surface area (TPSA) is 68.1 Å². The van der Waals surface area contributed by atoms with Crippen molar-refractivity contribution in [2.45, 2.75) is 25.9 Å². The minimum Gasteiger partial charge on any atom is -0.495 e. The summed E-state index contributed by atoms with van der Waals surface area (Å²) in [5, 5.41) is 14.5. The first kappa shape index (κ1) is 12.9. The van der Waals surface area contributed by atoms with Gasteiger partial charge in [-0.25, -0.2) is 0 Å². The number of ether oxygens (including phenoxy) is 1. The molecule has 5 nitrogen and oxygen atoms in total. The smallest absolute Gasteiger partial charge is 0.143 e. The lowest BCUT2D eigenvalue weighted by atomic mass is 10.1. The van der Waals surface area contributed by atoms with Gasteiger partial charge in [0.15, 0.2) is 0 Å². The van der Waals surface area contributed by atoms with Crippen molar-refractivity contribution in [3.63, 3.8) is 0 Å². The number of nitrogens with zero attached hydrogens (tertiary/aromatic N) is 3. The molecule has 96 valence electrons. The van der Waals surface area contributed by atoms with Gasteiger partial charge in [0, 0.05) is 6.20 Å². The molecule has 0 aliphatic rings. The van der Waals surface area contributed by atoms with Crippen LogP contribution in [0.2, 0.25) is 0 Å². The Morgan fingerprint density at radius 2 is 2.11 bits per heavy atom. The highest BCUT2D eigenvalue weighted by Crippen LogP contribution is 2.33. The summed E-state index contributed by atoms with van der Waals surface area (Å²) in [6.45, 7) is 4.03. The maximum Gasteiger partial charge on any atom is 0.143 e. The van der Waals surface area contributed by atoms with E-state index in [1.54, 1.807) is 25.4 Å². The van der Waals surface area contributed by atoms with Crippen LogP contribution in [0.3, 0.4) is 0 Å². The largest absolute Gasteiger partial charge is 0.495 e. The standard InChI is InChI=1S/C12H15N3O2S/c1-7(2)9-12(18-15-14-9)11(16)10-8(17-3)5-4-6-13-10/h4-7,11,16H,1-3H3. The van der Waals surface area contributed by atoms with Crippen molar-refractivity contribution in [2.24, 2.45) is 0 Å². The highest BCUT2D eigenvalue weighted by Gasteiger charge is 2.24. The summed E-state index contributed by atoms with van der Waals surface area (Å²) < 4.78 is 9.11. The van der Waals surface area contributed by atoms with Gasteiger partial charge in [0.05, 0.1) is 17.7 Å². The molecule has 0 saturated heterocycles. The molecule has 6 heteroatoms. The summed E-state index contributed by atoms with van der Waals surface area (Å²) in [6.07, 6.45) is 0.781. The molecule has 1 unspecified atom stereocenters. The molecule has 2 aromatic rings. The molecule has 0 amide bonds. The van der Waals surface area contributed by atoms with Gasteiger partial charge in [-0.3, -0.25) is 4.98 Å². The van der Waals surface area contributed by atoms with Crippen molar-refractivity contribution in [2.75, 3.05) is 7.11 Å². The lowest BCUT2D eigenvalue weighted by Crippen LogP contribution is -2.06. The van der Waals surface area contributed by atoms with Crippen LogP contribution in [0.1, 0.15) is 42.1 Å². The Kier molecular flexibility index (Phi) is 3.88. The normalized spacial score (nSPS) is 12.7. The molecule has 0 fully saturated rings. The van der Waals surface area contributed by atoms with E-state index in [0.717, 1.165) is 10.6 Å². The first-order valence-electron chi connectivity index (χ1n) is 5.64. The first-order chi connectivity index (χ1) is 8.65. The van der Waals surface area contributed by atoms with Gasteiger partial charge in [0.2, 0.25) is 0 Å². The first-order valence-corrected chi connectivity index (χ1v) is 6.41. The Bertz CT molecular complexity index is 528. The third-order valence-corrected chi connectivity index (χ3v) is 3.41. The second kappa shape index (κ2) is 5.41. The zero-order chi connectivity index (χ0) is 13.1. The number of aliphatic hydroxyl groups is 1. The fraction of sp³-hybridized carbons (Fsp3) is 0.417. The Morgan fingerprint density at radius 3 is 2.78 bits per heavy atom. The number of methoxy groups -OCH3 is 1. The number of aliphatic hydroxyl groups excluding tert-OH is 1. The second-order valence-corrected chi connectivity index (χ2v) is 4.96. The number of pyridine rings is 1. The van der Waals surface area contributed by atoms with Gasteiger partial charge < -0.3 is 9.84 Å². The fourth-order valence-electron chi connectivity index (χ4n) is 1.70. The maximum absolute atomic E-state index is 10.4. The highest BCUT2D eigenvalue weighted by molar-refractivity contribution is 7.05. The SMILES string of the molecule is COc1cccnc1C(O)c1snnc1C(C)C. The van der Waals surface area contributed by atoms with Gasteiger partial charge in [0.1, 0.15) is 17.5 Å². The monoisotopic (exact) mass is 265 g/mol. The second-order valence-electron chi connectivity index (χ2n) is 4.17. The molecular weight excluding hydrogens is 250 g/mol. The number of aromatic nitrogens is 3. The Morgan fingerprint density at radius 1 is 1.33 bits per heavy atom. The van der Waals surface area contributed by atoms with Crippen molar-refractivity contribution < 1.29 is 9.84 Å². The van der Waals surface area contributed by atoms with E-state index in [1.165, 1.54) is 11.5 Å². The van der Waals surface area contributed by atoms with E-state index in [-0.39, 0.29) is 5.92 Å². The number of rotatable bonds is 4. The molecule has 0 aliphatic carbocycles. The van der Waals surface area contributed by atoms with Crippen molar-refractivity contribution in [3.05, 3.63) is 34.6 Å². The summed E-state index contributed by atoms with van der Waals surface area (Å²) >= 11 is 1.19. The summed E-state index contributed by atoms with van der Waals surface area (Å²) in [7, 11) is 1.56. The molecule has 2 heterocycles. The van der Waals surface area contributed by atoms with Gasteiger partial charge in [0.25, 0.3) is 0 Å². The van der Waals surface area contributed by atoms with E-state index in [1.807, 2.05) is 13.8 Å². The van der Waals surface area contributed by atoms with Crippen molar-refractivity contribution in [1.29, 1.82) is 0 Å². The minimum absolute atomic E-state index is 0.211. The van der Waals surface area contributed by atoms with Gasteiger partial charge in [-0.05, 0) is 29.6 Å². The zero-order valence-electron chi connectivity index (χ0n) is 10.5. The highest BCUT2D eigenvalue weighted by atomic mass is 32.1. The molecular formula is C12H15N3O2S. The molecule has 0 aliphatic heterocycles. The Labute approximate surface area is 110 Å². The van der Waals surface area contributed by atoms with E-state index in [4.69, 9.17) is 4.74 Å². The molecule has 0 saturated carbocycles. The average molecular weight is 265 g/mol. The molecule has 0 bridgehead atoms. The van der Waals surface area contributed by atoms with Crippen LogP contribution in [0.4, 0.5) is 0 Å². The quantitative estimate of drug-likeness (QED) is 0.917. The van der Waals surface area contributed by atoms with Crippen molar-refractivity contribution >= 4 is 11.5 Å². The van der Waals surface area contributed by atoms with Gasteiger partial charge in [-0.1, -0.05) is 18.3 Å². The fourth-order valence-corrected chi connectivity index (χ4v) is 2.50. The van der Waals surface area contributed by atoms with Crippen LogP contribution in [-0.2, 0) is 0 Å². The summed E-state index contributed by atoms with van der Waals surface area (Å²) in [5.74, 6) is 0.774. The molecule has 18 heavy (non-hydrogen) atoms. The molecule has 2 aromatic heterocycles. The van der Waals surface area contributed by atoms with Crippen LogP contribution >= 0.6 is 11.5 Å². The minimum atomic E-state index is -0.849. The average Bonchev–Trinajstić information content (AvgIpc) is 2.87. The van der Waals surface area contributed by atoms with Crippen LogP contribution in [0.25, 0.3) is 0 Å². The lowest BCUT2D eigenvalue weighted by molar-refractivity contribution is 0.211. The summed E-state index contributed by atoms with van der Waals surface area (Å²) in [6, 6.07) is 3.54. The van der Waals surface area contributed by atoms with E-state index in [2.05, 4.69) is 14.6 Å². The molecule has 1 atom stereocenters. The van der Waals surface area contributed by atoms with Crippen molar-refractivity contribution in [1.82, 2.24) is 14.6 Å². The molecule has 0 spiro atoms. The summed E-state index contributed by atoms with van der Waals surface area (Å²) in [5.41, 5.74) is 1.30. The summed E-state index contributed by atoms with van der Waals surface area (Å²) in [4.78, 5) is 4.91. The van der Waals surface area contributed by atoms with Gasteiger partial charge in [-0.15, -0.1) is 5.10 Å². The molecule has 0 aromatic carbocycles. The van der Waals surface area contributed by atoms with Crippen LogP contribution in [-0.4, -0.2) is 26.8 Å². The van der Waals surface area contributed by atoms with Crippen LogP contribution < -0.4 is 4.74 Å². The lowest BCUT2D eigenvalue weighted by Gasteiger charge is -2.13. The third kappa shape index (κ3) is 2.34. The van der Waals surface area contributed by atoms with Crippen LogP contribution in [0.15, 0.2) is 18.3 Å². The predicted molar refractivity (Wildman–Crippen MR) is 68.8 cm³/mol. The van der Waals surface area contributed by atoms with Crippen molar-refractivity contribution in [3.8, 4) is 5.75 Å². The Balaban J connectivity index is 2.41. The Hall–Kier alpha value is -1.53. The van der Waals surface area contributed by atoms with Gasteiger partial charge >= 0.3 is 0 Å². The zero-order valence-corrected chi connectivity index (χ0v) is 11.3.